The highest BCUT2D eigenvalue weighted by Crippen LogP contribution is 2.33. The lowest BCUT2D eigenvalue weighted by molar-refractivity contribution is 0.282. The SMILES string of the molecule is CCCNc1nc(-c2ccc(CO)cc2)nc2cc3nc(-c4ccc(OC)cc4)nc(NCCC)c3cc12. The molecule has 0 aliphatic rings. The molecule has 38 heavy (non-hydrogen) atoms. The van der Waals surface area contributed by atoms with Gasteiger partial charge in [0.1, 0.15) is 17.4 Å². The van der Waals surface area contributed by atoms with Crippen molar-refractivity contribution in [3.63, 3.8) is 0 Å². The van der Waals surface area contributed by atoms with Gasteiger partial charge in [-0.15, -0.1) is 0 Å². The summed E-state index contributed by atoms with van der Waals surface area (Å²) in [6.07, 6.45) is 1.94. The standard InChI is InChI=1S/C30H32N6O2/c1-4-14-31-29-23-16-24-26(17-25(23)33-27(35-29)20-8-6-19(18-37)7-9-20)34-28(36-30(24)32-15-5-2)21-10-12-22(38-3)13-11-21/h6-13,16-17,37H,4-5,14-15,18H2,1-3H3,(H,31,33,35)(H,32,34,36). The molecule has 5 aromatic rings. The first kappa shape index (κ1) is 25.4. The second kappa shape index (κ2) is 11.4. The molecule has 2 heterocycles. The van der Waals surface area contributed by atoms with Crippen molar-refractivity contribution in [1.82, 2.24) is 19.9 Å². The van der Waals surface area contributed by atoms with Crippen LogP contribution in [0.25, 0.3) is 44.6 Å². The van der Waals surface area contributed by atoms with Crippen LogP contribution < -0.4 is 15.4 Å². The minimum absolute atomic E-state index is 0.00120. The monoisotopic (exact) mass is 508 g/mol. The fourth-order valence-electron chi connectivity index (χ4n) is 4.27. The first-order valence-corrected chi connectivity index (χ1v) is 13.0. The van der Waals surface area contributed by atoms with E-state index in [4.69, 9.17) is 24.7 Å². The van der Waals surface area contributed by atoms with Crippen molar-refractivity contribution in [3.8, 4) is 28.5 Å². The third-order valence-corrected chi connectivity index (χ3v) is 6.34. The molecule has 194 valence electrons. The minimum Gasteiger partial charge on any atom is -0.497 e. The predicted molar refractivity (Wildman–Crippen MR) is 154 cm³/mol. The van der Waals surface area contributed by atoms with E-state index in [-0.39, 0.29) is 6.61 Å². The van der Waals surface area contributed by atoms with E-state index < -0.39 is 0 Å². The summed E-state index contributed by atoms with van der Waals surface area (Å²) in [5.41, 5.74) is 4.24. The molecule has 2 aromatic heterocycles. The highest BCUT2D eigenvalue weighted by atomic mass is 16.5. The third-order valence-electron chi connectivity index (χ3n) is 6.34. The summed E-state index contributed by atoms with van der Waals surface area (Å²) < 4.78 is 5.31. The first-order valence-electron chi connectivity index (χ1n) is 13.0. The average molecular weight is 509 g/mol. The smallest absolute Gasteiger partial charge is 0.162 e. The molecular weight excluding hydrogens is 476 g/mol. The van der Waals surface area contributed by atoms with Crippen LogP contribution in [0.1, 0.15) is 32.3 Å². The van der Waals surface area contributed by atoms with E-state index >= 15 is 0 Å². The second-order valence-corrected chi connectivity index (χ2v) is 9.12. The Hall–Kier alpha value is -4.30. The highest BCUT2D eigenvalue weighted by molar-refractivity contribution is 6.04. The molecule has 0 spiro atoms. The zero-order valence-corrected chi connectivity index (χ0v) is 22.0. The zero-order chi connectivity index (χ0) is 26.5. The van der Waals surface area contributed by atoms with Crippen molar-refractivity contribution in [1.29, 1.82) is 0 Å². The Balaban J connectivity index is 1.70. The fraction of sp³-hybridized carbons (Fsp3) is 0.267. The lowest BCUT2D eigenvalue weighted by Crippen LogP contribution is -2.07. The molecule has 8 heteroatoms. The van der Waals surface area contributed by atoms with Gasteiger partial charge in [-0.25, -0.2) is 19.9 Å². The molecule has 0 aliphatic heterocycles. The highest BCUT2D eigenvalue weighted by Gasteiger charge is 2.15. The van der Waals surface area contributed by atoms with E-state index in [1.54, 1.807) is 7.11 Å². The maximum atomic E-state index is 9.42. The molecule has 0 fully saturated rings. The van der Waals surface area contributed by atoms with Crippen molar-refractivity contribution >= 4 is 33.4 Å². The van der Waals surface area contributed by atoms with E-state index in [0.29, 0.717) is 11.6 Å². The van der Waals surface area contributed by atoms with Crippen molar-refractivity contribution in [2.45, 2.75) is 33.3 Å². The quantitative estimate of drug-likeness (QED) is 0.196. The molecule has 0 unspecified atom stereocenters. The van der Waals surface area contributed by atoms with E-state index in [1.807, 2.05) is 54.6 Å². The van der Waals surface area contributed by atoms with Gasteiger partial charge in [0.15, 0.2) is 11.6 Å². The number of hydrogen-bond acceptors (Lipinski definition) is 8. The van der Waals surface area contributed by atoms with Gasteiger partial charge in [-0.1, -0.05) is 38.1 Å². The Morgan fingerprint density at radius 1 is 0.684 bits per heavy atom. The molecule has 0 saturated carbocycles. The van der Waals surface area contributed by atoms with Gasteiger partial charge in [0.25, 0.3) is 0 Å². The molecular formula is C30H32N6O2. The molecule has 8 nitrogen and oxygen atoms in total. The Morgan fingerprint density at radius 2 is 1.18 bits per heavy atom. The number of rotatable bonds is 10. The van der Waals surface area contributed by atoms with Crippen LogP contribution in [0.2, 0.25) is 0 Å². The van der Waals surface area contributed by atoms with Crippen LogP contribution in [0.4, 0.5) is 11.6 Å². The van der Waals surface area contributed by atoms with Crippen molar-refractivity contribution < 1.29 is 9.84 Å². The van der Waals surface area contributed by atoms with E-state index in [2.05, 4.69) is 30.5 Å². The van der Waals surface area contributed by atoms with E-state index in [0.717, 1.165) is 81.8 Å². The summed E-state index contributed by atoms with van der Waals surface area (Å²) in [4.78, 5) is 19.6. The molecule has 0 saturated heterocycles. The largest absolute Gasteiger partial charge is 0.497 e. The van der Waals surface area contributed by atoms with Crippen molar-refractivity contribution in [3.05, 3.63) is 66.2 Å². The minimum atomic E-state index is -0.00120. The van der Waals surface area contributed by atoms with Gasteiger partial charge in [-0.05, 0) is 54.8 Å². The normalized spacial score (nSPS) is 11.2. The Morgan fingerprint density at radius 3 is 1.63 bits per heavy atom. The molecule has 3 aromatic carbocycles. The van der Waals surface area contributed by atoms with E-state index in [9.17, 15) is 5.11 Å². The molecule has 0 amide bonds. The number of aliphatic hydroxyl groups is 1. The van der Waals surface area contributed by atoms with Crippen LogP contribution in [0.3, 0.4) is 0 Å². The Kier molecular flexibility index (Phi) is 7.60. The van der Waals surface area contributed by atoms with Crippen LogP contribution in [-0.4, -0.2) is 45.2 Å². The molecule has 3 N–H and O–H groups in total. The number of aromatic nitrogens is 4. The Labute approximate surface area is 222 Å². The number of nitrogens with zero attached hydrogens (tertiary/aromatic N) is 4. The van der Waals surface area contributed by atoms with Crippen LogP contribution in [0, 0.1) is 0 Å². The van der Waals surface area contributed by atoms with E-state index in [1.165, 1.54) is 0 Å². The van der Waals surface area contributed by atoms with Gasteiger partial charge in [0, 0.05) is 35.0 Å². The van der Waals surface area contributed by atoms with Crippen molar-refractivity contribution in [2.24, 2.45) is 0 Å². The third kappa shape index (κ3) is 5.21. The number of fused-ring (bicyclic) bond motifs is 2. The molecule has 0 aliphatic carbocycles. The number of methoxy groups -OCH3 is 1. The summed E-state index contributed by atoms with van der Waals surface area (Å²) in [5.74, 6) is 3.61. The summed E-state index contributed by atoms with van der Waals surface area (Å²) in [6, 6.07) is 19.5. The number of ether oxygens (including phenoxy) is 1. The average Bonchev–Trinajstić information content (AvgIpc) is 2.97. The number of anilines is 2. The molecule has 0 atom stereocenters. The second-order valence-electron chi connectivity index (χ2n) is 9.12. The lowest BCUT2D eigenvalue weighted by Gasteiger charge is -2.14. The van der Waals surface area contributed by atoms with Crippen LogP contribution in [0.15, 0.2) is 60.7 Å². The molecule has 0 radical (unpaired) electrons. The van der Waals surface area contributed by atoms with Gasteiger partial charge in [-0.2, -0.15) is 0 Å². The van der Waals surface area contributed by atoms with Crippen LogP contribution >= 0.6 is 0 Å². The van der Waals surface area contributed by atoms with Crippen LogP contribution in [-0.2, 0) is 6.61 Å². The van der Waals surface area contributed by atoms with Crippen molar-refractivity contribution in [2.75, 3.05) is 30.8 Å². The van der Waals surface area contributed by atoms with Gasteiger partial charge < -0.3 is 20.5 Å². The number of hydrogen-bond donors (Lipinski definition) is 3. The maximum Gasteiger partial charge on any atom is 0.162 e. The molecule has 5 rings (SSSR count). The van der Waals surface area contributed by atoms with Gasteiger partial charge in [0.05, 0.1) is 24.8 Å². The zero-order valence-electron chi connectivity index (χ0n) is 22.0. The topological polar surface area (TPSA) is 105 Å². The molecule has 0 bridgehead atoms. The first-order chi connectivity index (χ1) is 18.6. The van der Waals surface area contributed by atoms with Crippen LogP contribution in [0.5, 0.6) is 5.75 Å². The number of aliphatic hydroxyl groups excluding tert-OH is 1. The summed E-state index contributed by atoms with van der Waals surface area (Å²) in [7, 11) is 1.65. The van der Waals surface area contributed by atoms with Gasteiger partial charge >= 0.3 is 0 Å². The summed E-state index contributed by atoms with van der Waals surface area (Å²) >= 11 is 0. The summed E-state index contributed by atoms with van der Waals surface area (Å²) in [6.45, 7) is 5.85. The predicted octanol–water partition coefficient (Wildman–Crippen LogP) is 6.05. The van der Waals surface area contributed by atoms with Gasteiger partial charge in [0.2, 0.25) is 0 Å². The van der Waals surface area contributed by atoms with Gasteiger partial charge in [-0.3, -0.25) is 0 Å². The number of nitrogens with one attached hydrogen (secondary N) is 2. The number of benzene rings is 3. The summed E-state index contributed by atoms with van der Waals surface area (Å²) in [5, 5.41) is 18.2. The lowest BCUT2D eigenvalue weighted by atomic mass is 10.1. The Bertz CT molecular complexity index is 1440. The fourth-order valence-corrected chi connectivity index (χ4v) is 4.27. The maximum absolute atomic E-state index is 9.42.